The highest BCUT2D eigenvalue weighted by atomic mass is 32.2. The first-order chi connectivity index (χ1) is 11.6. The molecular formula is C17H21N3O3S. The van der Waals surface area contributed by atoms with E-state index in [1.54, 1.807) is 23.8 Å². The number of methoxy groups -OCH3 is 1. The summed E-state index contributed by atoms with van der Waals surface area (Å²) in [5.41, 5.74) is 2.27. The highest BCUT2D eigenvalue weighted by Gasteiger charge is 2.39. The molecule has 0 radical (unpaired) electrons. The number of rotatable bonds is 6. The summed E-state index contributed by atoms with van der Waals surface area (Å²) in [4.78, 5) is 27.7. The van der Waals surface area contributed by atoms with Crippen molar-refractivity contribution in [3.8, 4) is 0 Å². The van der Waals surface area contributed by atoms with Crippen molar-refractivity contribution in [2.24, 2.45) is 0 Å². The Morgan fingerprint density at radius 3 is 2.71 bits per heavy atom. The van der Waals surface area contributed by atoms with E-state index in [9.17, 15) is 9.59 Å². The van der Waals surface area contributed by atoms with E-state index in [0.29, 0.717) is 31.0 Å². The van der Waals surface area contributed by atoms with E-state index >= 15 is 0 Å². The van der Waals surface area contributed by atoms with Crippen LogP contribution in [0.4, 0.5) is 4.79 Å². The number of benzene rings is 1. The molecule has 2 heterocycles. The Morgan fingerprint density at radius 1 is 1.29 bits per heavy atom. The van der Waals surface area contributed by atoms with Gasteiger partial charge in [-0.15, -0.1) is 11.8 Å². The molecule has 128 valence electrons. The van der Waals surface area contributed by atoms with Crippen LogP contribution >= 0.6 is 11.8 Å². The Bertz CT molecular complexity index is 672. The highest BCUT2D eigenvalue weighted by Crippen LogP contribution is 2.33. The second-order valence-corrected chi connectivity index (χ2v) is 6.65. The highest BCUT2D eigenvalue weighted by molar-refractivity contribution is 7.98. The Kier molecular flexibility index (Phi) is 5.11. The number of carbonyl (C=O) groups is 2. The topological polar surface area (TPSA) is 70.7 Å². The van der Waals surface area contributed by atoms with Gasteiger partial charge in [0.1, 0.15) is 0 Å². The number of amides is 3. The van der Waals surface area contributed by atoms with Gasteiger partial charge < -0.3 is 20.3 Å². The Labute approximate surface area is 145 Å². The normalized spacial score (nSPS) is 20.1. The molecule has 2 N–H and O–H groups in total. The number of hydrogen-bond donors (Lipinski definition) is 2. The zero-order valence-corrected chi connectivity index (χ0v) is 14.6. The molecule has 6 nitrogen and oxygen atoms in total. The summed E-state index contributed by atoms with van der Waals surface area (Å²) in [6.07, 6.45) is 2.79. The van der Waals surface area contributed by atoms with Crippen LogP contribution in [0.25, 0.3) is 0 Å². The third-order valence-electron chi connectivity index (χ3n) is 4.25. The van der Waals surface area contributed by atoms with Crippen molar-refractivity contribution in [2.45, 2.75) is 17.4 Å². The molecular weight excluding hydrogens is 326 g/mol. The number of ether oxygens (including phenoxy) is 1. The van der Waals surface area contributed by atoms with Gasteiger partial charge in [0.2, 0.25) is 0 Å². The fraction of sp³-hybridized carbons (Fsp3) is 0.412. The molecule has 1 atom stereocenters. The first-order valence-electron chi connectivity index (χ1n) is 7.86. The third-order valence-corrected chi connectivity index (χ3v) is 4.99. The lowest BCUT2D eigenvalue weighted by atomic mass is 9.96. The molecule has 0 saturated heterocycles. The van der Waals surface area contributed by atoms with Crippen LogP contribution in [0.2, 0.25) is 0 Å². The van der Waals surface area contributed by atoms with E-state index in [0.717, 1.165) is 16.9 Å². The van der Waals surface area contributed by atoms with Crippen molar-refractivity contribution in [1.82, 2.24) is 15.5 Å². The Morgan fingerprint density at radius 2 is 2.04 bits per heavy atom. The fourth-order valence-electron chi connectivity index (χ4n) is 3.05. The van der Waals surface area contributed by atoms with Gasteiger partial charge in [0.25, 0.3) is 5.91 Å². The molecule has 2 aliphatic rings. The zero-order chi connectivity index (χ0) is 17.1. The smallest absolute Gasteiger partial charge is 0.319 e. The minimum absolute atomic E-state index is 0.0208. The number of nitrogens with one attached hydrogen (secondary N) is 2. The van der Waals surface area contributed by atoms with E-state index in [-0.39, 0.29) is 11.9 Å². The molecule has 3 amide bonds. The van der Waals surface area contributed by atoms with E-state index < -0.39 is 6.04 Å². The van der Waals surface area contributed by atoms with Crippen LogP contribution in [0, 0.1) is 0 Å². The summed E-state index contributed by atoms with van der Waals surface area (Å²) < 4.78 is 5.05. The maximum absolute atomic E-state index is 12.8. The van der Waals surface area contributed by atoms with Crippen LogP contribution in [0.5, 0.6) is 0 Å². The third kappa shape index (κ3) is 3.27. The Balaban J connectivity index is 1.83. The minimum atomic E-state index is -0.399. The van der Waals surface area contributed by atoms with Gasteiger partial charge in [-0.2, -0.15) is 0 Å². The number of carbonyl (C=O) groups excluding carboxylic acids is 2. The fourth-order valence-corrected chi connectivity index (χ4v) is 3.46. The predicted octanol–water partition coefficient (Wildman–Crippen LogP) is 1.90. The number of hydrogen-bond acceptors (Lipinski definition) is 4. The average molecular weight is 347 g/mol. The predicted molar refractivity (Wildman–Crippen MR) is 92.7 cm³/mol. The summed E-state index contributed by atoms with van der Waals surface area (Å²) in [7, 11) is 1.65. The quantitative estimate of drug-likeness (QED) is 0.609. The van der Waals surface area contributed by atoms with Gasteiger partial charge in [0, 0.05) is 25.2 Å². The van der Waals surface area contributed by atoms with Crippen molar-refractivity contribution in [2.75, 3.05) is 33.1 Å². The lowest BCUT2D eigenvalue weighted by Gasteiger charge is -2.25. The summed E-state index contributed by atoms with van der Waals surface area (Å²) in [5, 5.41) is 5.66. The largest absolute Gasteiger partial charge is 0.385 e. The lowest BCUT2D eigenvalue weighted by Crippen LogP contribution is -2.44. The molecule has 0 bridgehead atoms. The van der Waals surface area contributed by atoms with Gasteiger partial charge in [-0.1, -0.05) is 12.1 Å². The molecule has 1 aromatic carbocycles. The average Bonchev–Trinajstić information content (AvgIpc) is 2.90. The van der Waals surface area contributed by atoms with Crippen LogP contribution in [0.1, 0.15) is 18.0 Å². The molecule has 0 spiro atoms. The molecule has 2 aliphatic heterocycles. The van der Waals surface area contributed by atoms with Gasteiger partial charge in [-0.25, -0.2) is 4.79 Å². The van der Waals surface area contributed by atoms with Gasteiger partial charge in [0.15, 0.2) is 0 Å². The van der Waals surface area contributed by atoms with Gasteiger partial charge in [0.05, 0.1) is 23.9 Å². The lowest BCUT2D eigenvalue weighted by molar-refractivity contribution is -0.125. The van der Waals surface area contributed by atoms with Crippen molar-refractivity contribution in [3.63, 3.8) is 0 Å². The molecule has 0 saturated carbocycles. The first kappa shape index (κ1) is 16.9. The van der Waals surface area contributed by atoms with Crippen molar-refractivity contribution >= 4 is 23.7 Å². The van der Waals surface area contributed by atoms with Crippen LogP contribution < -0.4 is 10.6 Å². The molecule has 24 heavy (non-hydrogen) atoms. The molecule has 3 rings (SSSR count). The van der Waals surface area contributed by atoms with Crippen LogP contribution in [-0.4, -0.2) is 49.9 Å². The van der Waals surface area contributed by atoms with Crippen LogP contribution in [0.15, 0.2) is 40.4 Å². The monoisotopic (exact) mass is 347 g/mol. The molecule has 7 heteroatoms. The minimum Gasteiger partial charge on any atom is -0.385 e. The number of urea groups is 1. The SMILES string of the molecule is COCCCN1CC2=C(C1=O)C(c1ccc(SC)cc1)NC(=O)N2. The zero-order valence-electron chi connectivity index (χ0n) is 13.8. The van der Waals surface area contributed by atoms with E-state index in [2.05, 4.69) is 10.6 Å². The second-order valence-electron chi connectivity index (χ2n) is 5.77. The van der Waals surface area contributed by atoms with E-state index in [1.165, 1.54) is 0 Å². The summed E-state index contributed by atoms with van der Waals surface area (Å²) in [5.74, 6) is -0.0208. The van der Waals surface area contributed by atoms with Crippen molar-refractivity contribution in [1.29, 1.82) is 0 Å². The molecule has 1 unspecified atom stereocenters. The molecule has 0 aliphatic carbocycles. The standard InChI is InChI=1S/C17H21N3O3S/c1-23-9-3-8-20-10-13-14(16(20)21)15(19-17(22)18-13)11-4-6-12(24-2)7-5-11/h4-7,15H,3,8-10H2,1-2H3,(H2,18,19,22). The molecule has 1 aromatic rings. The van der Waals surface area contributed by atoms with Crippen LogP contribution in [0.3, 0.4) is 0 Å². The number of nitrogens with zero attached hydrogens (tertiary/aromatic N) is 1. The summed E-state index contributed by atoms with van der Waals surface area (Å²) in [6, 6.07) is 7.28. The van der Waals surface area contributed by atoms with E-state index in [4.69, 9.17) is 4.74 Å². The van der Waals surface area contributed by atoms with E-state index in [1.807, 2.05) is 30.5 Å². The maximum Gasteiger partial charge on any atom is 0.319 e. The number of thioether (sulfide) groups is 1. The summed E-state index contributed by atoms with van der Waals surface area (Å²) in [6.45, 7) is 1.68. The first-order valence-corrected chi connectivity index (χ1v) is 9.09. The van der Waals surface area contributed by atoms with Gasteiger partial charge in [-0.3, -0.25) is 4.79 Å². The summed E-state index contributed by atoms with van der Waals surface area (Å²) >= 11 is 1.66. The molecule has 0 aromatic heterocycles. The van der Waals surface area contributed by atoms with Gasteiger partial charge in [-0.05, 0) is 30.4 Å². The van der Waals surface area contributed by atoms with Crippen LogP contribution in [-0.2, 0) is 9.53 Å². The van der Waals surface area contributed by atoms with Crippen molar-refractivity contribution < 1.29 is 14.3 Å². The van der Waals surface area contributed by atoms with Crippen molar-refractivity contribution in [3.05, 3.63) is 41.1 Å². The van der Waals surface area contributed by atoms with Gasteiger partial charge >= 0.3 is 6.03 Å². The second kappa shape index (κ2) is 7.27. The maximum atomic E-state index is 12.8. The molecule has 0 fully saturated rings. The Hall–Kier alpha value is -1.99.